The zero-order valence-electron chi connectivity index (χ0n) is 16.7. The van der Waals surface area contributed by atoms with E-state index in [1.807, 2.05) is 6.92 Å². The monoisotopic (exact) mass is 419 g/mol. The Morgan fingerprint density at radius 2 is 1.77 bits per heavy atom. The number of halogens is 1. The molecule has 0 spiro atoms. The van der Waals surface area contributed by atoms with E-state index in [0.29, 0.717) is 23.9 Å². The number of hydrogen-bond acceptors (Lipinski definition) is 5. The van der Waals surface area contributed by atoms with Crippen LogP contribution in [0.1, 0.15) is 64.8 Å². The van der Waals surface area contributed by atoms with Crippen LogP contribution in [0.2, 0.25) is 0 Å². The molecule has 1 N–H and O–H groups in total. The Labute approximate surface area is 165 Å². The molecule has 0 aliphatic rings. The molecule has 0 amide bonds. The third kappa shape index (κ3) is 4.93. The van der Waals surface area contributed by atoms with Crippen molar-refractivity contribution in [3.63, 3.8) is 0 Å². The molecule has 2 aromatic rings. The van der Waals surface area contributed by atoms with Crippen LogP contribution >= 0.6 is 15.9 Å². The molecule has 142 valence electrons. The van der Waals surface area contributed by atoms with Crippen molar-refractivity contribution >= 4 is 33.5 Å². The molecule has 1 aromatic heterocycles. The van der Waals surface area contributed by atoms with Gasteiger partial charge in [0.25, 0.3) is 0 Å². The topological polar surface area (TPSA) is 53.9 Å². The van der Waals surface area contributed by atoms with E-state index in [9.17, 15) is 0 Å². The summed E-state index contributed by atoms with van der Waals surface area (Å²) < 4.78 is 1.05. The average Bonchev–Trinajstić information content (AvgIpc) is 2.61. The van der Waals surface area contributed by atoms with E-state index in [4.69, 9.17) is 0 Å². The molecule has 0 unspecified atom stereocenters. The second-order valence-electron chi connectivity index (χ2n) is 6.77. The van der Waals surface area contributed by atoms with Gasteiger partial charge in [0.1, 0.15) is 5.82 Å². The molecule has 0 bridgehead atoms. The van der Waals surface area contributed by atoms with Gasteiger partial charge in [-0.2, -0.15) is 15.0 Å². The first kappa shape index (κ1) is 20.6. The van der Waals surface area contributed by atoms with Crippen LogP contribution in [0.3, 0.4) is 0 Å². The minimum atomic E-state index is 0.372. The predicted octanol–water partition coefficient (Wildman–Crippen LogP) is 5.82. The fourth-order valence-electron chi connectivity index (χ4n) is 2.85. The van der Waals surface area contributed by atoms with Crippen molar-refractivity contribution in [2.75, 3.05) is 16.8 Å². The van der Waals surface area contributed by atoms with Gasteiger partial charge >= 0.3 is 0 Å². The Balaban J connectivity index is 2.39. The van der Waals surface area contributed by atoms with Gasteiger partial charge in [0.05, 0.1) is 5.69 Å². The maximum Gasteiger partial charge on any atom is 0.234 e. The van der Waals surface area contributed by atoms with Gasteiger partial charge < -0.3 is 10.2 Å². The van der Waals surface area contributed by atoms with Gasteiger partial charge in [-0.3, -0.25) is 0 Å². The first-order valence-electron chi connectivity index (χ1n) is 9.45. The summed E-state index contributed by atoms with van der Waals surface area (Å²) in [5.41, 5.74) is 2.37. The number of benzene rings is 1. The summed E-state index contributed by atoms with van der Waals surface area (Å²) in [7, 11) is 0. The third-order valence-electron chi connectivity index (χ3n) is 4.54. The van der Waals surface area contributed by atoms with Crippen LogP contribution in [0, 0.1) is 6.92 Å². The lowest BCUT2D eigenvalue weighted by atomic mass is 10.0. The first-order valence-corrected chi connectivity index (χ1v) is 10.2. The molecule has 0 fully saturated rings. The van der Waals surface area contributed by atoms with Crippen molar-refractivity contribution in [1.82, 2.24) is 15.0 Å². The van der Waals surface area contributed by atoms with Crippen LogP contribution in [-0.2, 0) is 0 Å². The number of anilines is 3. The largest absolute Gasteiger partial charge is 0.351 e. The summed E-state index contributed by atoms with van der Waals surface area (Å²) in [6.45, 7) is 13.5. The van der Waals surface area contributed by atoms with Crippen LogP contribution < -0.4 is 10.2 Å². The molecule has 0 aliphatic heterocycles. The molecule has 0 aliphatic carbocycles. The molecule has 26 heavy (non-hydrogen) atoms. The van der Waals surface area contributed by atoms with E-state index in [2.05, 4.69) is 93.9 Å². The standard InChI is InChI=1S/C20H30BrN5/c1-7-16(8-2)24-19-22-14(6)23-20(25-19)26(9-3)18-11-10-15(13(4)5)12-17(18)21/h10-13,16H,7-9H2,1-6H3,(H,22,23,24,25). The Bertz CT molecular complexity index is 728. The second kappa shape index (κ2) is 9.31. The molecule has 5 nitrogen and oxygen atoms in total. The lowest BCUT2D eigenvalue weighted by molar-refractivity contribution is 0.662. The highest BCUT2D eigenvalue weighted by atomic mass is 79.9. The number of aromatic nitrogens is 3. The van der Waals surface area contributed by atoms with E-state index < -0.39 is 0 Å². The molecule has 0 atom stereocenters. The summed E-state index contributed by atoms with van der Waals surface area (Å²) in [5, 5.41) is 3.43. The molecule has 2 rings (SSSR count). The molecular formula is C20H30BrN5. The van der Waals surface area contributed by atoms with Gasteiger partial charge in [-0.1, -0.05) is 33.8 Å². The van der Waals surface area contributed by atoms with Crippen LogP contribution in [0.25, 0.3) is 0 Å². The van der Waals surface area contributed by atoms with Crippen LogP contribution in [0.15, 0.2) is 22.7 Å². The number of nitrogens with zero attached hydrogens (tertiary/aromatic N) is 4. The highest BCUT2D eigenvalue weighted by molar-refractivity contribution is 9.10. The Kier molecular flexibility index (Phi) is 7.38. The third-order valence-corrected chi connectivity index (χ3v) is 5.18. The summed E-state index contributed by atoms with van der Waals surface area (Å²) in [4.78, 5) is 15.8. The molecule has 1 aromatic carbocycles. The second-order valence-corrected chi connectivity index (χ2v) is 7.63. The van der Waals surface area contributed by atoms with Gasteiger partial charge in [-0.15, -0.1) is 0 Å². The van der Waals surface area contributed by atoms with Gasteiger partial charge in [0, 0.05) is 17.1 Å². The van der Waals surface area contributed by atoms with Crippen molar-refractivity contribution in [2.45, 2.75) is 66.3 Å². The van der Waals surface area contributed by atoms with Crippen molar-refractivity contribution in [3.8, 4) is 0 Å². The Morgan fingerprint density at radius 1 is 1.08 bits per heavy atom. The quantitative estimate of drug-likeness (QED) is 0.583. The van der Waals surface area contributed by atoms with Gasteiger partial charge in [0.2, 0.25) is 11.9 Å². The van der Waals surface area contributed by atoms with Crippen molar-refractivity contribution in [1.29, 1.82) is 0 Å². The number of nitrogens with one attached hydrogen (secondary N) is 1. The predicted molar refractivity (Wildman–Crippen MR) is 113 cm³/mol. The number of hydrogen-bond donors (Lipinski definition) is 1. The fourth-order valence-corrected chi connectivity index (χ4v) is 3.46. The maximum atomic E-state index is 4.69. The molecule has 0 saturated heterocycles. The van der Waals surface area contributed by atoms with Crippen molar-refractivity contribution in [2.24, 2.45) is 0 Å². The number of aryl methyl sites for hydroxylation is 1. The lowest BCUT2D eigenvalue weighted by Gasteiger charge is -2.24. The van der Waals surface area contributed by atoms with Crippen LogP contribution in [-0.4, -0.2) is 27.5 Å². The fraction of sp³-hybridized carbons (Fsp3) is 0.550. The Hall–Kier alpha value is -1.69. The molecule has 0 saturated carbocycles. The normalized spacial score (nSPS) is 11.3. The molecular weight excluding hydrogens is 390 g/mol. The average molecular weight is 420 g/mol. The zero-order chi connectivity index (χ0) is 19.3. The highest BCUT2D eigenvalue weighted by Gasteiger charge is 2.17. The number of rotatable bonds is 8. The zero-order valence-corrected chi connectivity index (χ0v) is 18.3. The molecule has 0 radical (unpaired) electrons. The van der Waals surface area contributed by atoms with Crippen LogP contribution in [0.5, 0.6) is 0 Å². The van der Waals surface area contributed by atoms with Crippen molar-refractivity contribution < 1.29 is 0 Å². The molecule has 6 heteroatoms. The van der Waals surface area contributed by atoms with Gasteiger partial charge in [-0.05, 0) is 66.2 Å². The summed E-state index contributed by atoms with van der Waals surface area (Å²) in [5.74, 6) is 2.53. The summed E-state index contributed by atoms with van der Waals surface area (Å²) >= 11 is 3.73. The van der Waals surface area contributed by atoms with E-state index in [-0.39, 0.29) is 0 Å². The minimum absolute atomic E-state index is 0.372. The maximum absolute atomic E-state index is 4.69. The highest BCUT2D eigenvalue weighted by Crippen LogP contribution is 2.33. The van der Waals surface area contributed by atoms with E-state index in [1.165, 1.54) is 5.56 Å². The molecule has 1 heterocycles. The van der Waals surface area contributed by atoms with Crippen LogP contribution in [0.4, 0.5) is 17.6 Å². The van der Waals surface area contributed by atoms with E-state index in [1.54, 1.807) is 0 Å². The summed E-state index contributed by atoms with van der Waals surface area (Å²) in [6, 6.07) is 6.86. The summed E-state index contributed by atoms with van der Waals surface area (Å²) in [6.07, 6.45) is 2.08. The van der Waals surface area contributed by atoms with E-state index >= 15 is 0 Å². The first-order chi connectivity index (χ1) is 12.4. The van der Waals surface area contributed by atoms with Crippen molar-refractivity contribution in [3.05, 3.63) is 34.1 Å². The Morgan fingerprint density at radius 3 is 2.31 bits per heavy atom. The SMILES string of the molecule is CCC(CC)Nc1nc(C)nc(N(CC)c2ccc(C(C)C)cc2Br)n1. The lowest BCUT2D eigenvalue weighted by Crippen LogP contribution is -2.23. The smallest absolute Gasteiger partial charge is 0.234 e. The van der Waals surface area contributed by atoms with Gasteiger partial charge in [-0.25, -0.2) is 0 Å². The van der Waals surface area contributed by atoms with E-state index in [0.717, 1.165) is 35.4 Å². The van der Waals surface area contributed by atoms with Gasteiger partial charge in [0.15, 0.2) is 0 Å². The minimum Gasteiger partial charge on any atom is -0.351 e.